The van der Waals surface area contributed by atoms with Crippen LogP contribution in [0.5, 0.6) is 0 Å². The molecule has 0 aromatic heterocycles. The van der Waals surface area contributed by atoms with Crippen LogP contribution in [0.3, 0.4) is 0 Å². The van der Waals surface area contributed by atoms with Crippen LogP contribution < -0.4 is 0 Å². The van der Waals surface area contributed by atoms with Crippen LogP contribution in [-0.4, -0.2) is 18.4 Å². The minimum absolute atomic E-state index is 0.0952. The fourth-order valence-electron chi connectivity index (χ4n) is 4.82. The number of carbonyl (C=O) groups is 2. The van der Waals surface area contributed by atoms with Gasteiger partial charge in [0.15, 0.2) is 5.78 Å². The van der Waals surface area contributed by atoms with Gasteiger partial charge in [-0.25, -0.2) is 0 Å². The van der Waals surface area contributed by atoms with Crippen molar-refractivity contribution in [2.75, 3.05) is 6.61 Å². The third-order valence-corrected chi connectivity index (χ3v) is 6.18. The summed E-state index contributed by atoms with van der Waals surface area (Å²) < 4.78 is 5.37. The van der Waals surface area contributed by atoms with Crippen molar-refractivity contribution in [3.63, 3.8) is 0 Å². The van der Waals surface area contributed by atoms with E-state index in [1.165, 1.54) is 23.6 Å². The molecule has 0 aliphatic heterocycles. The number of esters is 1. The average molecular weight is 328 g/mol. The van der Waals surface area contributed by atoms with Crippen molar-refractivity contribution in [3.05, 3.63) is 34.9 Å². The van der Waals surface area contributed by atoms with Crippen LogP contribution in [0.15, 0.2) is 34.9 Å². The van der Waals surface area contributed by atoms with Gasteiger partial charge in [0.25, 0.3) is 0 Å². The van der Waals surface area contributed by atoms with E-state index in [0.29, 0.717) is 18.4 Å². The van der Waals surface area contributed by atoms with Crippen LogP contribution in [0.2, 0.25) is 0 Å². The van der Waals surface area contributed by atoms with E-state index in [1.807, 2.05) is 13.0 Å². The normalized spacial score (nSPS) is 35.2. The van der Waals surface area contributed by atoms with Gasteiger partial charge >= 0.3 is 5.97 Å². The summed E-state index contributed by atoms with van der Waals surface area (Å²) in [6.45, 7) is 8.40. The molecule has 3 aliphatic carbocycles. The van der Waals surface area contributed by atoms with E-state index in [1.54, 1.807) is 0 Å². The van der Waals surface area contributed by atoms with Gasteiger partial charge in [-0.1, -0.05) is 39.3 Å². The zero-order chi connectivity index (χ0) is 17.5. The molecule has 3 heteroatoms. The summed E-state index contributed by atoms with van der Waals surface area (Å²) in [5, 5.41) is 0. The summed E-state index contributed by atoms with van der Waals surface area (Å²) >= 11 is 0. The Kier molecular flexibility index (Phi) is 4.54. The second kappa shape index (κ2) is 6.34. The summed E-state index contributed by atoms with van der Waals surface area (Å²) in [6, 6.07) is 0. The molecule has 0 radical (unpaired) electrons. The van der Waals surface area contributed by atoms with Crippen molar-refractivity contribution in [3.8, 4) is 0 Å². The van der Waals surface area contributed by atoms with Gasteiger partial charge in [-0.05, 0) is 53.9 Å². The maximum atomic E-state index is 12.0. The van der Waals surface area contributed by atoms with Gasteiger partial charge in [0.1, 0.15) is 6.61 Å². The fourth-order valence-corrected chi connectivity index (χ4v) is 4.82. The summed E-state index contributed by atoms with van der Waals surface area (Å²) in [5.74, 6) is 1.14. The van der Waals surface area contributed by atoms with Gasteiger partial charge in [-0.3, -0.25) is 9.59 Å². The number of allylic oxidation sites excluding steroid dienone is 5. The van der Waals surface area contributed by atoms with E-state index in [0.717, 1.165) is 25.7 Å². The highest BCUT2D eigenvalue weighted by Crippen LogP contribution is 2.52. The van der Waals surface area contributed by atoms with Crippen LogP contribution in [0.25, 0.3) is 0 Å². The largest absolute Gasteiger partial charge is 0.465 e. The van der Waals surface area contributed by atoms with E-state index in [-0.39, 0.29) is 23.1 Å². The Labute approximate surface area is 144 Å². The van der Waals surface area contributed by atoms with E-state index in [9.17, 15) is 9.59 Å². The minimum Gasteiger partial charge on any atom is -0.465 e. The number of ketones is 1. The second-order valence-corrected chi connectivity index (χ2v) is 7.89. The van der Waals surface area contributed by atoms with Gasteiger partial charge in [0.2, 0.25) is 0 Å². The van der Waals surface area contributed by atoms with Gasteiger partial charge in [-0.2, -0.15) is 0 Å². The third-order valence-electron chi connectivity index (χ3n) is 6.18. The highest BCUT2D eigenvalue weighted by molar-refractivity contribution is 5.94. The van der Waals surface area contributed by atoms with Crippen LogP contribution in [0.1, 0.15) is 53.4 Å². The molecule has 3 aliphatic rings. The summed E-state index contributed by atoms with van der Waals surface area (Å²) in [5.41, 5.74) is 3.99. The van der Waals surface area contributed by atoms with Gasteiger partial charge in [0, 0.05) is 18.3 Å². The lowest BCUT2D eigenvalue weighted by atomic mass is 9.59. The highest BCUT2D eigenvalue weighted by Gasteiger charge is 2.44. The molecule has 0 saturated heterocycles. The van der Waals surface area contributed by atoms with E-state index < -0.39 is 0 Å². The van der Waals surface area contributed by atoms with Gasteiger partial charge < -0.3 is 4.74 Å². The van der Waals surface area contributed by atoms with E-state index in [2.05, 4.69) is 26.0 Å². The quantitative estimate of drug-likeness (QED) is 0.722. The molecule has 0 aromatic carbocycles. The van der Waals surface area contributed by atoms with E-state index >= 15 is 0 Å². The molecule has 0 bridgehead atoms. The van der Waals surface area contributed by atoms with Crippen molar-refractivity contribution in [1.82, 2.24) is 0 Å². The first kappa shape index (κ1) is 17.2. The molecule has 0 spiro atoms. The molecule has 3 nitrogen and oxygen atoms in total. The molecule has 4 atom stereocenters. The highest BCUT2D eigenvalue weighted by atomic mass is 16.5. The molecule has 0 amide bonds. The maximum absolute atomic E-state index is 12.0. The van der Waals surface area contributed by atoms with Crippen molar-refractivity contribution < 1.29 is 14.3 Å². The maximum Gasteiger partial charge on any atom is 0.302 e. The first-order valence-corrected chi connectivity index (χ1v) is 9.16. The Bertz CT molecular complexity index is 652. The number of carbonyl (C=O) groups excluding carboxylic acids is 2. The fraction of sp³-hybridized carbons (Fsp3) is 0.619. The minimum atomic E-state index is -0.211. The molecule has 0 saturated carbocycles. The zero-order valence-electron chi connectivity index (χ0n) is 15.2. The number of rotatable bonds is 3. The first-order chi connectivity index (χ1) is 11.4. The van der Waals surface area contributed by atoms with E-state index in [4.69, 9.17) is 4.74 Å². The average Bonchev–Trinajstić information content (AvgIpc) is 2.54. The Hall–Kier alpha value is -1.64. The zero-order valence-corrected chi connectivity index (χ0v) is 15.2. The Morgan fingerprint density at radius 2 is 2.17 bits per heavy atom. The summed E-state index contributed by atoms with van der Waals surface area (Å²) in [4.78, 5) is 23.3. The Morgan fingerprint density at radius 1 is 1.42 bits per heavy atom. The molecule has 24 heavy (non-hydrogen) atoms. The monoisotopic (exact) mass is 328 g/mol. The lowest BCUT2D eigenvalue weighted by Crippen LogP contribution is -2.40. The third kappa shape index (κ3) is 2.89. The molecule has 130 valence electrons. The van der Waals surface area contributed by atoms with Crippen molar-refractivity contribution >= 4 is 11.8 Å². The topological polar surface area (TPSA) is 43.4 Å². The molecule has 3 rings (SSSR count). The van der Waals surface area contributed by atoms with Crippen LogP contribution >= 0.6 is 0 Å². The van der Waals surface area contributed by atoms with Crippen molar-refractivity contribution in [1.29, 1.82) is 0 Å². The van der Waals surface area contributed by atoms with Crippen LogP contribution in [-0.2, 0) is 14.3 Å². The van der Waals surface area contributed by atoms with Gasteiger partial charge in [0.05, 0.1) is 0 Å². The molecule has 0 heterocycles. The summed E-state index contributed by atoms with van der Waals surface area (Å²) in [7, 11) is 0. The Morgan fingerprint density at radius 3 is 2.83 bits per heavy atom. The lowest BCUT2D eigenvalue weighted by Gasteiger charge is -2.46. The molecule has 0 aromatic rings. The van der Waals surface area contributed by atoms with Gasteiger partial charge in [-0.15, -0.1) is 0 Å². The van der Waals surface area contributed by atoms with Crippen LogP contribution in [0, 0.1) is 23.2 Å². The standard InChI is InChI=1S/C21H28O3/c1-5-19-17-7-6-15-11-20(23)13(2)10-18(15)16(17)8-9-21(19,4)12-24-14(3)22/h8-9,11,13,17,19H,5-7,10,12H2,1-4H3/t13-,17-,19+,21-/m1/s1. The number of hydrogen-bond donors (Lipinski definition) is 0. The Balaban J connectivity index is 1.99. The smallest absolute Gasteiger partial charge is 0.302 e. The first-order valence-electron chi connectivity index (χ1n) is 9.16. The SMILES string of the molecule is CC[C@H]1[C@@H]2CCC3=CC(=O)[C@H](C)CC3=C2C=C[C@]1(C)COC(C)=O. The molecular formula is C21H28O3. The van der Waals surface area contributed by atoms with Crippen molar-refractivity contribution in [2.45, 2.75) is 53.4 Å². The van der Waals surface area contributed by atoms with Crippen LogP contribution in [0.4, 0.5) is 0 Å². The predicted molar refractivity (Wildman–Crippen MR) is 94.3 cm³/mol. The number of ether oxygens (including phenoxy) is 1. The predicted octanol–water partition coefficient (Wildman–Crippen LogP) is 4.39. The molecular weight excluding hydrogens is 300 g/mol. The lowest BCUT2D eigenvalue weighted by molar-refractivity contribution is -0.144. The number of hydrogen-bond acceptors (Lipinski definition) is 3. The molecule has 0 N–H and O–H groups in total. The van der Waals surface area contributed by atoms with Crippen molar-refractivity contribution in [2.24, 2.45) is 23.2 Å². The second-order valence-electron chi connectivity index (χ2n) is 7.89. The molecule has 0 fully saturated rings. The summed E-state index contributed by atoms with van der Waals surface area (Å²) in [6.07, 6.45) is 10.4. The molecule has 0 unspecified atom stereocenters. The number of fused-ring (bicyclic) bond motifs is 2.